The Morgan fingerprint density at radius 3 is 1.57 bits per heavy atom. The summed E-state index contributed by atoms with van der Waals surface area (Å²) in [5.41, 5.74) is 2.73. The standard InChI is InChI=1S/C36H35NO10/c1-21(38)45-32-13-7-4-10-24(32)16-27-18-31(41)35(42)29(17-25-11-5-8-14-33(25)46-22(2)39)28(27)19-30(36(43)44)37-20-26-12-6-9-15-34(26)47-23(3)40/h4-15,18,30,37,41-42H,16-17,19-20H2,1-3H3,(H,43,44). The predicted octanol–water partition coefficient (Wildman–Crippen LogP) is 4.84. The van der Waals surface area contributed by atoms with Crippen molar-refractivity contribution in [3.05, 3.63) is 112 Å². The number of phenolic OH excluding ortho intramolecular Hbond substituents is 2. The van der Waals surface area contributed by atoms with E-state index in [-0.39, 0.29) is 48.6 Å². The summed E-state index contributed by atoms with van der Waals surface area (Å²) in [6.45, 7) is 3.83. The molecule has 0 bridgehead atoms. The van der Waals surface area contributed by atoms with Crippen LogP contribution in [0.3, 0.4) is 0 Å². The lowest BCUT2D eigenvalue weighted by Gasteiger charge is -2.23. The number of benzene rings is 4. The molecule has 0 radical (unpaired) electrons. The highest BCUT2D eigenvalue weighted by Crippen LogP contribution is 2.39. The van der Waals surface area contributed by atoms with E-state index in [1.807, 2.05) is 0 Å². The summed E-state index contributed by atoms with van der Waals surface area (Å²) in [5.74, 6) is -2.89. The quantitative estimate of drug-likeness (QED) is 0.0895. The molecule has 244 valence electrons. The van der Waals surface area contributed by atoms with Crippen LogP contribution in [0.1, 0.15) is 54.2 Å². The van der Waals surface area contributed by atoms with Crippen LogP contribution in [0.25, 0.3) is 0 Å². The summed E-state index contributed by atoms with van der Waals surface area (Å²) in [6, 6.07) is 20.4. The van der Waals surface area contributed by atoms with Crippen LogP contribution in [0.15, 0.2) is 78.9 Å². The topological polar surface area (TPSA) is 169 Å². The van der Waals surface area contributed by atoms with Crippen molar-refractivity contribution in [2.75, 3.05) is 0 Å². The molecule has 47 heavy (non-hydrogen) atoms. The van der Waals surface area contributed by atoms with Gasteiger partial charge in [0.2, 0.25) is 0 Å². The van der Waals surface area contributed by atoms with Crippen molar-refractivity contribution in [2.45, 2.75) is 52.6 Å². The summed E-state index contributed by atoms with van der Waals surface area (Å²) in [5, 5.41) is 35.4. The zero-order chi connectivity index (χ0) is 34.1. The van der Waals surface area contributed by atoms with Crippen LogP contribution in [0, 0.1) is 0 Å². The van der Waals surface area contributed by atoms with E-state index >= 15 is 0 Å². The van der Waals surface area contributed by atoms with Crippen LogP contribution in [0.4, 0.5) is 0 Å². The van der Waals surface area contributed by atoms with Gasteiger partial charge >= 0.3 is 23.9 Å². The lowest BCUT2D eigenvalue weighted by Crippen LogP contribution is -2.38. The fourth-order valence-corrected chi connectivity index (χ4v) is 5.21. The van der Waals surface area contributed by atoms with Crippen LogP contribution in [0.5, 0.6) is 28.7 Å². The molecule has 0 aromatic heterocycles. The van der Waals surface area contributed by atoms with Crippen LogP contribution < -0.4 is 19.5 Å². The number of carbonyl (C=O) groups excluding carboxylic acids is 3. The van der Waals surface area contributed by atoms with Crippen molar-refractivity contribution in [3.8, 4) is 28.7 Å². The van der Waals surface area contributed by atoms with E-state index in [0.29, 0.717) is 27.8 Å². The second-order valence-electron chi connectivity index (χ2n) is 10.8. The average Bonchev–Trinajstić information content (AvgIpc) is 3.00. The minimum Gasteiger partial charge on any atom is -0.504 e. The molecule has 0 aliphatic rings. The fraction of sp³-hybridized carbons (Fsp3) is 0.222. The van der Waals surface area contributed by atoms with E-state index in [4.69, 9.17) is 14.2 Å². The zero-order valence-electron chi connectivity index (χ0n) is 26.1. The normalized spacial score (nSPS) is 11.4. The van der Waals surface area contributed by atoms with Crippen LogP contribution in [-0.2, 0) is 45.0 Å². The Bertz CT molecular complexity index is 1800. The number of esters is 3. The Morgan fingerprint density at radius 2 is 1.09 bits per heavy atom. The van der Waals surface area contributed by atoms with Gasteiger partial charge in [-0.3, -0.25) is 24.5 Å². The third-order valence-corrected chi connectivity index (χ3v) is 7.26. The number of ether oxygens (including phenoxy) is 3. The number of carboxylic acid groups (broad SMARTS) is 1. The molecule has 0 aliphatic heterocycles. The zero-order valence-corrected chi connectivity index (χ0v) is 26.1. The van der Waals surface area contributed by atoms with Crippen LogP contribution in [0.2, 0.25) is 0 Å². The van der Waals surface area contributed by atoms with Crippen molar-refractivity contribution >= 4 is 23.9 Å². The highest BCUT2D eigenvalue weighted by Gasteiger charge is 2.26. The average molecular weight is 642 g/mol. The largest absolute Gasteiger partial charge is 0.504 e. The van der Waals surface area contributed by atoms with Gasteiger partial charge in [-0.2, -0.15) is 0 Å². The van der Waals surface area contributed by atoms with Crippen LogP contribution in [-0.4, -0.2) is 45.2 Å². The highest BCUT2D eigenvalue weighted by molar-refractivity contribution is 5.75. The maximum Gasteiger partial charge on any atom is 0.321 e. The molecule has 4 aromatic carbocycles. The van der Waals surface area contributed by atoms with E-state index in [1.54, 1.807) is 72.8 Å². The van der Waals surface area contributed by atoms with Gasteiger partial charge in [0.15, 0.2) is 11.5 Å². The molecule has 0 saturated heterocycles. The molecule has 4 rings (SSSR count). The van der Waals surface area contributed by atoms with Gasteiger partial charge in [-0.1, -0.05) is 54.6 Å². The third-order valence-electron chi connectivity index (χ3n) is 7.26. The molecule has 1 atom stereocenters. The molecule has 0 aliphatic carbocycles. The number of carboxylic acids is 1. The van der Waals surface area contributed by atoms with Gasteiger partial charge in [0.1, 0.15) is 23.3 Å². The van der Waals surface area contributed by atoms with E-state index in [1.165, 1.54) is 26.8 Å². The number of phenols is 2. The fourth-order valence-electron chi connectivity index (χ4n) is 5.21. The van der Waals surface area contributed by atoms with Gasteiger partial charge in [-0.25, -0.2) is 0 Å². The maximum atomic E-state index is 12.7. The van der Waals surface area contributed by atoms with Gasteiger partial charge in [0.05, 0.1) is 0 Å². The number of rotatable bonds is 13. The number of carbonyl (C=O) groups is 4. The first kappa shape index (κ1) is 34.2. The van der Waals surface area contributed by atoms with Crippen molar-refractivity contribution in [1.29, 1.82) is 0 Å². The molecule has 0 heterocycles. The van der Waals surface area contributed by atoms with Gasteiger partial charge in [-0.05, 0) is 52.9 Å². The molecule has 0 amide bonds. The van der Waals surface area contributed by atoms with Gasteiger partial charge < -0.3 is 29.5 Å². The van der Waals surface area contributed by atoms with Crippen LogP contribution >= 0.6 is 0 Å². The highest BCUT2D eigenvalue weighted by atomic mass is 16.5. The van der Waals surface area contributed by atoms with Gasteiger partial charge in [-0.15, -0.1) is 0 Å². The summed E-state index contributed by atoms with van der Waals surface area (Å²) in [6.07, 6.45) is -0.0822. The molecule has 11 heteroatoms. The van der Waals surface area contributed by atoms with E-state index < -0.39 is 41.4 Å². The summed E-state index contributed by atoms with van der Waals surface area (Å²) in [7, 11) is 0. The van der Waals surface area contributed by atoms with Gasteiger partial charge in [0.25, 0.3) is 0 Å². The molecule has 4 N–H and O–H groups in total. The number of para-hydroxylation sites is 3. The SMILES string of the molecule is CC(=O)Oc1ccccc1CNC(Cc1c(Cc2ccccc2OC(C)=O)cc(O)c(O)c1Cc1ccccc1OC(C)=O)C(=O)O. The monoisotopic (exact) mass is 641 g/mol. The molecule has 11 nitrogen and oxygen atoms in total. The van der Waals surface area contributed by atoms with E-state index in [2.05, 4.69) is 5.32 Å². The van der Waals surface area contributed by atoms with Crippen molar-refractivity contribution in [2.24, 2.45) is 0 Å². The van der Waals surface area contributed by atoms with Crippen molar-refractivity contribution < 1.29 is 48.7 Å². The Kier molecular flexibility index (Phi) is 11.3. The summed E-state index contributed by atoms with van der Waals surface area (Å²) < 4.78 is 16.0. The molecule has 0 fully saturated rings. The lowest BCUT2D eigenvalue weighted by molar-refractivity contribution is -0.139. The first-order chi connectivity index (χ1) is 22.4. The lowest BCUT2D eigenvalue weighted by atomic mass is 9.87. The number of hydrogen-bond acceptors (Lipinski definition) is 10. The third kappa shape index (κ3) is 9.18. The van der Waals surface area contributed by atoms with Crippen molar-refractivity contribution in [1.82, 2.24) is 5.32 Å². The summed E-state index contributed by atoms with van der Waals surface area (Å²) >= 11 is 0. The van der Waals surface area contributed by atoms with E-state index in [0.717, 1.165) is 0 Å². The minimum atomic E-state index is -1.21. The second kappa shape index (κ2) is 15.5. The first-order valence-electron chi connectivity index (χ1n) is 14.7. The number of nitrogens with one attached hydrogen (secondary N) is 1. The Balaban J connectivity index is 1.81. The van der Waals surface area contributed by atoms with Gasteiger partial charge in [0, 0.05) is 51.3 Å². The Hall–Kier alpha value is -5.68. The molecule has 0 spiro atoms. The Morgan fingerprint density at radius 1 is 0.638 bits per heavy atom. The Labute approximate surface area is 271 Å². The second-order valence-corrected chi connectivity index (χ2v) is 10.8. The molecule has 4 aromatic rings. The van der Waals surface area contributed by atoms with Crippen molar-refractivity contribution in [3.63, 3.8) is 0 Å². The predicted molar refractivity (Wildman–Crippen MR) is 171 cm³/mol. The number of aliphatic carboxylic acids is 1. The smallest absolute Gasteiger partial charge is 0.321 e. The molecule has 0 saturated carbocycles. The van der Waals surface area contributed by atoms with E-state index in [9.17, 15) is 34.5 Å². The maximum absolute atomic E-state index is 12.7. The summed E-state index contributed by atoms with van der Waals surface area (Å²) in [4.78, 5) is 47.9. The number of aromatic hydroxyl groups is 2. The number of hydrogen-bond donors (Lipinski definition) is 4. The molecular weight excluding hydrogens is 606 g/mol. The molecule has 1 unspecified atom stereocenters. The molecular formula is C36H35NO10. The first-order valence-corrected chi connectivity index (χ1v) is 14.7. The minimum absolute atomic E-state index is 0.0275.